The second-order valence-electron chi connectivity index (χ2n) is 6.36. The highest BCUT2D eigenvalue weighted by molar-refractivity contribution is 7.09. The summed E-state index contributed by atoms with van der Waals surface area (Å²) in [5.74, 6) is 1.53. The van der Waals surface area contributed by atoms with E-state index in [9.17, 15) is 4.79 Å². The molecule has 0 atom stereocenters. The van der Waals surface area contributed by atoms with Crippen molar-refractivity contribution in [3.63, 3.8) is 0 Å². The van der Waals surface area contributed by atoms with Gasteiger partial charge in [-0.15, -0.1) is 11.3 Å². The number of piperazine rings is 1. The van der Waals surface area contributed by atoms with Crippen LogP contribution >= 0.6 is 11.3 Å². The average molecular weight is 333 g/mol. The van der Waals surface area contributed by atoms with Gasteiger partial charge >= 0.3 is 0 Å². The molecule has 5 nitrogen and oxygen atoms in total. The lowest BCUT2D eigenvalue weighted by molar-refractivity contribution is -0.133. The summed E-state index contributed by atoms with van der Waals surface area (Å²) in [4.78, 5) is 21.1. The van der Waals surface area contributed by atoms with Crippen LogP contribution in [0.15, 0.2) is 28.2 Å². The molecule has 0 N–H and O–H groups in total. The number of amides is 1. The molecule has 3 heterocycles. The number of carbonyl (C=O) groups is 1. The molecule has 0 unspecified atom stereocenters. The SMILES string of the molecule is CC(C)CC(=O)N1CCN(Cc2nc(-c3ccco3)cs2)CC1. The van der Waals surface area contributed by atoms with Gasteiger partial charge in [0.05, 0.1) is 12.8 Å². The summed E-state index contributed by atoms with van der Waals surface area (Å²) < 4.78 is 5.38. The maximum Gasteiger partial charge on any atom is 0.222 e. The van der Waals surface area contributed by atoms with E-state index in [-0.39, 0.29) is 5.91 Å². The monoisotopic (exact) mass is 333 g/mol. The van der Waals surface area contributed by atoms with Crippen LogP contribution in [0.2, 0.25) is 0 Å². The van der Waals surface area contributed by atoms with Crippen LogP contribution < -0.4 is 0 Å². The van der Waals surface area contributed by atoms with Gasteiger partial charge in [-0.25, -0.2) is 4.98 Å². The molecule has 1 aliphatic heterocycles. The van der Waals surface area contributed by atoms with E-state index in [0.717, 1.165) is 49.2 Å². The van der Waals surface area contributed by atoms with Crippen molar-refractivity contribution in [2.24, 2.45) is 5.92 Å². The Hall–Kier alpha value is -1.66. The summed E-state index contributed by atoms with van der Waals surface area (Å²) in [6, 6.07) is 3.81. The lowest BCUT2D eigenvalue weighted by Gasteiger charge is -2.34. The number of aromatic nitrogens is 1. The summed E-state index contributed by atoms with van der Waals surface area (Å²) >= 11 is 1.66. The normalized spacial score (nSPS) is 16.2. The lowest BCUT2D eigenvalue weighted by atomic mass is 10.1. The van der Waals surface area contributed by atoms with Gasteiger partial charge in [0.25, 0.3) is 0 Å². The van der Waals surface area contributed by atoms with E-state index in [0.29, 0.717) is 12.3 Å². The minimum atomic E-state index is 0.286. The quantitative estimate of drug-likeness (QED) is 0.844. The largest absolute Gasteiger partial charge is 0.463 e. The molecule has 1 aliphatic rings. The zero-order chi connectivity index (χ0) is 16.2. The summed E-state index contributed by atoms with van der Waals surface area (Å²) in [5, 5.41) is 3.13. The fourth-order valence-electron chi connectivity index (χ4n) is 2.75. The third-order valence-electron chi connectivity index (χ3n) is 3.99. The molecule has 23 heavy (non-hydrogen) atoms. The molecule has 2 aromatic heterocycles. The van der Waals surface area contributed by atoms with Crippen molar-refractivity contribution in [2.45, 2.75) is 26.8 Å². The first-order chi connectivity index (χ1) is 11.1. The first-order valence-corrected chi connectivity index (χ1v) is 8.98. The van der Waals surface area contributed by atoms with Crippen LogP contribution in [0.1, 0.15) is 25.3 Å². The average Bonchev–Trinajstić information content (AvgIpc) is 3.18. The Kier molecular flexibility index (Phi) is 5.13. The molecule has 1 fully saturated rings. The standard InChI is InChI=1S/C17H23N3O2S/c1-13(2)10-17(21)20-7-5-19(6-8-20)11-16-18-14(12-23-16)15-4-3-9-22-15/h3-4,9,12-13H,5-8,10-11H2,1-2H3. The second kappa shape index (κ2) is 7.27. The van der Waals surface area contributed by atoms with Gasteiger partial charge in [0.15, 0.2) is 5.76 Å². The summed E-state index contributed by atoms with van der Waals surface area (Å²) in [6.45, 7) is 8.50. The van der Waals surface area contributed by atoms with E-state index in [2.05, 4.69) is 23.7 Å². The zero-order valence-electron chi connectivity index (χ0n) is 13.7. The molecular formula is C17H23N3O2S. The van der Waals surface area contributed by atoms with E-state index >= 15 is 0 Å². The third kappa shape index (κ3) is 4.20. The van der Waals surface area contributed by atoms with Crippen molar-refractivity contribution in [1.82, 2.24) is 14.8 Å². The molecule has 0 spiro atoms. The topological polar surface area (TPSA) is 49.6 Å². The smallest absolute Gasteiger partial charge is 0.222 e. The number of furan rings is 1. The maximum atomic E-state index is 12.1. The summed E-state index contributed by atoms with van der Waals surface area (Å²) in [7, 11) is 0. The Morgan fingerprint density at radius 2 is 2.13 bits per heavy atom. The van der Waals surface area contributed by atoms with Crippen molar-refractivity contribution < 1.29 is 9.21 Å². The van der Waals surface area contributed by atoms with Gasteiger partial charge in [-0.2, -0.15) is 0 Å². The Balaban J connectivity index is 1.50. The fraction of sp³-hybridized carbons (Fsp3) is 0.529. The van der Waals surface area contributed by atoms with Crippen LogP contribution in [0.4, 0.5) is 0 Å². The molecule has 0 aromatic carbocycles. The molecule has 0 aliphatic carbocycles. The van der Waals surface area contributed by atoms with Crippen molar-refractivity contribution in [3.8, 4) is 11.5 Å². The van der Waals surface area contributed by atoms with Crippen molar-refractivity contribution in [1.29, 1.82) is 0 Å². The first kappa shape index (κ1) is 16.2. The number of thiazole rings is 1. The molecule has 124 valence electrons. The van der Waals surface area contributed by atoms with Crippen molar-refractivity contribution >= 4 is 17.2 Å². The Morgan fingerprint density at radius 3 is 2.78 bits per heavy atom. The van der Waals surface area contributed by atoms with Gasteiger partial charge in [-0.05, 0) is 18.1 Å². The van der Waals surface area contributed by atoms with Gasteiger partial charge < -0.3 is 9.32 Å². The van der Waals surface area contributed by atoms with Gasteiger partial charge in [-0.3, -0.25) is 9.69 Å². The molecule has 1 saturated heterocycles. The molecule has 0 radical (unpaired) electrons. The van der Waals surface area contributed by atoms with Crippen LogP contribution in [0, 0.1) is 5.92 Å². The first-order valence-electron chi connectivity index (χ1n) is 8.10. The second-order valence-corrected chi connectivity index (χ2v) is 7.30. The lowest BCUT2D eigenvalue weighted by Crippen LogP contribution is -2.48. The van der Waals surface area contributed by atoms with Crippen molar-refractivity contribution in [3.05, 3.63) is 28.8 Å². The van der Waals surface area contributed by atoms with Crippen LogP contribution in [0.3, 0.4) is 0 Å². The van der Waals surface area contributed by atoms with Gasteiger partial charge in [0.1, 0.15) is 10.7 Å². The van der Waals surface area contributed by atoms with Gasteiger partial charge in [-0.1, -0.05) is 13.8 Å². The minimum Gasteiger partial charge on any atom is -0.463 e. The van der Waals surface area contributed by atoms with Crippen LogP contribution in [-0.4, -0.2) is 46.9 Å². The van der Waals surface area contributed by atoms with Gasteiger partial charge in [0.2, 0.25) is 5.91 Å². The fourth-order valence-corrected chi connectivity index (χ4v) is 3.57. The highest BCUT2D eigenvalue weighted by Crippen LogP contribution is 2.23. The molecule has 3 rings (SSSR count). The van der Waals surface area contributed by atoms with E-state index in [1.54, 1.807) is 17.6 Å². The van der Waals surface area contributed by atoms with E-state index in [1.165, 1.54) is 0 Å². The molecule has 0 saturated carbocycles. The predicted molar refractivity (Wildman–Crippen MR) is 91.1 cm³/mol. The van der Waals surface area contributed by atoms with E-state index < -0.39 is 0 Å². The molecular weight excluding hydrogens is 310 g/mol. The number of hydrogen-bond donors (Lipinski definition) is 0. The third-order valence-corrected chi connectivity index (χ3v) is 4.83. The highest BCUT2D eigenvalue weighted by atomic mass is 32.1. The minimum absolute atomic E-state index is 0.286. The number of carbonyl (C=O) groups excluding carboxylic acids is 1. The van der Waals surface area contributed by atoms with E-state index in [4.69, 9.17) is 4.42 Å². The Morgan fingerprint density at radius 1 is 1.35 bits per heavy atom. The zero-order valence-corrected chi connectivity index (χ0v) is 14.5. The summed E-state index contributed by atoms with van der Waals surface area (Å²) in [5.41, 5.74) is 0.903. The van der Waals surface area contributed by atoms with E-state index in [1.807, 2.05) is 22.4 Å². The number of hydrogen-bond acceptors (Lipinski definition) is 5. The van der Waals surface area contributed by atoms with Crippen LogP contribution in [-0.2, 0) is 11.3 Å². The Labute approximate surface area is 140 Å². The summed E-state index contributed by atoms with van der Waals surface area (Å²) in [6.07, 6.45) is 2.32. The molecule has 1 amide bonds. The highest BCUT2D eigenvalue weighted by Gasteiger charge is 2.22. The number of nitrogens with zero attached hydrogens (tertiary/aromatic N) is 3. The number of rotatable bonds is 5. The van der Waals surface area contributed by atoms with Gasteiger partial charge in [0, 0.05) is 38.0 Å². The maximum absolute atomic E-state index is 12.1. The van der Waals surface area contributed by atoms with Crippen LogP contribution in [0.5, 0.6) is 0 Å². The predicted octanol–water partition coefficient (Wildman–Crippen LogP) is 3.09. The molecule has 0 bridgehead atoms. The molecule has 6 heteroatoms. The Bertz CT molecular complexity index is 628. The van der Waals surface area contributed by atoms with Crippen LogP contribution in [0.25, 0.3) is 11.5 Å². The van der Waals surface area contributed by atoms with Crippen molar-refractivity contribution in [2.75, 3.05) is 26.2 Å². The molecule has 2 aromatic rings.